The first-order valence-corrected chi connectivity index (χ1v) is 6.61. The molecule has 0 bridgehead atoms. The maximum Gasteiger partial charge on any atom is 0.411 e. The van der Waals surface area contributed by atoms with Gasteiger partial charge in [-0.15, -0.1) is 0 Å². The van der Waals surface area contributed by atoms with Crippen molar-refractivity contribution < 1.29 is 9.53 Å². The van der Waals surface area contributed by atoms with Crippen LogP contribution < -0.4 is 10.6 Å². The van der Waals surface area contributed by atoms with Gasteiger partial charge in [0.05, 0.1) is 6.61 Å². The van der Waals surface area contributed by atoms with Crippen molar-refractivity contribution in [1.29, 1.82) is 0 Å². The van der Waals surface area contributed by atoms with Crippen molar-refractivity contribution >= 4 is 34.8 Å². The quantitative estimate of drug-likeness (QED) is 0.861. The molecule has 4 nitrogen and oxygen atoms in total. The van der Waals surface area contributed by atoms with Crippen LogP contribution in [-0.2, 0) is 4.74 Å². The van der Waals surface area contributed by atoms with E-state index in [-0.39, 0.29) is 0 Å². The Balaban J connectivity index is 1.97. The molecule has 0 aliphatic carbocycles. The maximum atomic E-state index is 11.3. The van der Waals surface area contributed by atoms with Gasteiger partial charge in [0, 0.05) is 22.1 Å². The van der Waals surface area contributed by atoms with Gasteiger partial charge in [-0.2, -0.15) is 0 Å². The lowest BCUT2D eigenvalue weighted by atomic mass is 10.2. The van der Waals surface area contributed by atoms with Gasteiger partial charge in [-0.25, -0.2) is 4.79 Å². The Labute approximate surface area is 122 Å². The summed E-state index contributed by atoms with van der Waals surface area (Å²) in [5, 5.41) is 6.57. The highest BCUT2D eigenvalue weighted by Gasteiger charge is 2.01. The molecule has 0 saturated carbocycles. The summed E-state index contributed by atoms with van der Waals surface area (Å²) >= 11 is 5.83. The topological polar surface area (TPSA) is 50.4 Å². The normalized spacial score (nSPS) is 9.90. The van der Waals surface area contributed by atoms with Crippen LogP contribution in [0.3, 0.4) is 0 Å². The zero-order valence-electron chi connectivity index (χ0n) is 11.0. The molecular weight excluding hydrogens is 276 g/mol. The van der Waals surface area contributed by atoms with E-state index in [1.807, 2.05) is 36.4 Å². The summed E-state index contributed by atoms with van der Waals surface area (Å²) < 4.78 is 4.80. The van der Waals surface area contributed by atoms with Crippen LogP contribution in [0.1, 0.15) is 6.92 Å². The molecule has 0 aromatic heterocycles. The second kappa shape index (κ2) is 6.82. The molecule has 104 valence electrons. The van der Waals surface area contributed by atoms with Gasteiger partial charge in [-0.05, 0) is 55.5 Å². The van der Waals surface area contributed by atoms with Crippen LogP contribution in [0.15, 0.2) is 48.5 Å². The van der Waals surface area contributed by atoms with Gasteiger partial charge in [0.2, 0.25) is 0 Å². The molecule has 0 atom stereocenters. The fourth-order valence-electron chi connectivity index (χ4n) is 1.62. The smallest absolute Gasteiger partial charge is 0.411 e. The van der Waals surface area contributed by atoms with E-state index < -0.39 is 6.09 Å². The first-order valence-electron chi connectivity index (χ1n) is 6.24. The molecule has 0 aliphatic heterocycles. The first kappa shape index (κ1) is 14.2. The number of ether oxygens (including phenoxy) is 1. The van der Waals surface area contributed by atoms with Gasteiger partial charge in [0.15, 0.2) is 0 Å². The fraction of sp³-hybridized carbons (Fsp3) is 0.133. The SMILES string of the molecule is CCOC(=O)Nc1ccc(Nc2ccc(Cl)cc2)cc1. The van der Waals surface area contributed by atoms with Gasteiger partial charge in [-0.1, -0.05) is 11.6 Å². The van der Waals surface area contributed by atoms with E-state index in [1.165, 1.54) is 0 Å². The number of hydrogen-bond donors (Lipinski definition) is 2. The predicted octanol–water partition coefficient (Wildman–Crippen LogP) is 4.65. The van der Waals surface area contributed by atoms with Crippen LogP contribution in [0.25, 0.3) is 0 Å². The highest BCUT2D eigenvalue weighted by Crippen LogP contribution is 2.20. The van der Waals surface area contributed by atoms with Crippen molar-refractivity contribution in [3.05, 3.63) is 53.6 Å². The summed E-state index contributed by atoms with van der Waals surface area (Å²) in [5.74, 6) is 0. The average Bonchev–Trinajstić information content (AvgIpc) is 2.44. The van der Waals surface area contributed by atoms with E-state index in [1.54, 1.807) is 19.1 Å². The van der Waals surface area contributed by atoms with Gasteiger partial charge < -0.3 is 10.1 Å². The van der Waals surface area contributed by atoms with E-state index >= 15 is 0 Å². The largest absolute Gasteiger partial charge is 0.450 e. The summed E-state index contributed by atoms with van der Waals surface area (Å²) in [6, 6.07) is 14.8. The molecule has 0 heterocycles. The second-order valence-corrected chi connectivity index (χ2v) is 4.49. The number of carbonyl (C=O) groups excluding carboxylic acids is 1. The Morgan fingerprint density at radius 3 is 2.05 bits per heavy atom. The molecule has 0 unspecified atom stereocenters. The Morgan fingerprint density at radius 1 is 1.00 bits per heavy atom. The third kappa shape index (κ3) is 4.17. The van der Waals surface area contributed by atoms with Gasteiger partial charge >= 0.3 is 6.09 Å². The zero-order valence-corrected chi connectivity index (χ0v) is 11.8. The highest BCUT2D eigenvalue weighted by molar-refractivity contribution is 6.30. The lowest BCUT2D eigenvalue weighted by molar-refractivity contribution is 0.168. The Kier molecular flexibility index (Phi) is 4.85. The average molecular weight is 291 g/mol. The lowest BCUT2D eigenvalue weighted by Crippen LogP contribution is -2.13. The van der Waals surface area contributed by atoms with Crippen molar-refractivity contribution in [2.75, 3.05) is 17.2 Å². The van der Waals surface area contributed by atoms with E-state index in [0.717, 1.165) is 11.4 Å². The first-order chi connectivity index (χ1) is 9.67. The molecule has 0 radical (unpaired) electrons. The number of anilines is 3. The number of rotatable bonds is 4. The van der Waals surface area contributed by atoms with E-state index in [2.05, 4.69) is 10.6 Å². The van der Waals surface area contributed by atoms with Crippen molar-refractivity contribution in [2.24, 2.45) is 0 Å². The molecule has 2 aromatic rings. The molecule has 5 heteroatoms. The molecule has 2 rings (SSSR count). The minimum Gasteiger partial charge on any atom is -0.450 e. The molecule has 20 heavy (non-hydrogen) atoms. The number of hydrogen-bond acceptors (Lipinski definition) is 3. The lowest BCUT2D eigenvalue weighted by Gasteiger charge is -2.08. The van der Waals surface area contributed by atoms with Gasteiger partial charge in [0.25, 0.3) is 0 Å². The molecule has 2 aromatic carbocycles. The van der Waals surface area contributed by atoms with Crippen molar-refractivity contribution in [3.63, 3.8) is 0 Å². The van der Waals surface area contributed by atoms with Crippen LogP contribution in [0.5, 0.6) is 0 Å². The number of benzene rings is 2. The van der Waals surface area contributed by atoms with E-state index in [4.69, 9.17) is 16.3 Å². The van der Waals surface area contributed by atoms with Crippen LogP contribution in [0.2, 0.25) is 5.02 Å². The van der Waals surface area contributed by atoms with Crippen LogP contribution in [-0.4, -0.2) is 12.7 Å². The monoisotopic (exact) mass is 290 g/mol. The molecule has 2 N–H and O–H groups in total. The summed E-state index contributed by atoms with van der Waals surface area (Å²) in [7, 11) is 0. The Morgan fingerprint density at radius 2 is 1.50 bits per heavy atom. The number of nitrogens with one attached hydrogen (secondary N) is 2. The van der Waals surface area contributed by atoms with E-state index in [9.17, 15) is 4.79 Å². The van der Waals surface area contributed by atoms with Crippen molar-refractivity contribution in [2.45, 2.75) is 6.92 Å². The third-order valence-corrected chi connectivity index (χ3v) is 2.79. The third-order valence-electron chi connectivity index (χ3n) is 2.54. The fourth-order valence-corrected chi connectivity index (χ4v) is 1.75. The zero-order chi connectivity index (χ0) is 14.4. The standard InChI is InChI=1S/C15H15ClN2O2/c1-2-20-15(19)18-14-9-7-13(8-10-14)17-12-5-3-11(16)4-6-12/h3-10,17H,2H2,1H3,(H,18,19). The molecule has 1 amide bonds. The minimum atomic E-state index is -0.453. The second-order valence-electron chi connectivity index (χ2n) is 4.05. The minimum absolute atomic E-state index is 0.349. The summed E-state index contributed by atoms with van der Waals surface area (Å²) in [6.45, 7) is 2.11. The summed E-state index contributed by atoms with van der Waals surface area (Å²) in [5.41, 5.74) is 2.55. The summed E-state index contributed by atoms with van der Waals surface area (Å²) in [6.07, 6.45) is -0.453. The van der Waals surface area contributed by atoms with E-state index in [0.29, 0.717) is 17.3 Å². The van der Waals surface area contributed by atoms with Gasteiger partial charge in [0.1, 0.15) is 0 Å². The van der Waals surface area contributed by atoms with Gasteiger partial charge in [-0.3, -0.25) is 5.32 Å². The van der Waals surface area contributed by atoms with Crippen LogP contribution in [0.4, 0.5) is 21.9 Å². The predicted molar refractivity (Wildman–Crippen MR) is 81.8 cm³/mol. The number of halogens is 1. The molecule has 0 aliphatic rings. The molecular formula is C15H15ClN2O2. The van der Waals surface area contributed by atoms with Crippen LogP contribution in [0, 0.1) is 0 Å². The maximum absolute atomic E-state index is 11.3. The van der Waals surface area contributed by atoms with Crippen molar-refractivity contribution in [3.8, 4) is 0 Å². The highest BCUT2D eigenvalue weighted by atomic mass is 35.5. The van der Waals surface area contributed by atoms with Crippen molar-refractivity contribution in [1.82, 2.24) is 0 Å². The number of amides is 1. The summed E-state index contributed by atoms with van der Waals surface area (Å²) in [4.78, 5) is 11.3. The Bertz CT molecular complexity index is 567. The number of carbonyl (C=O) groups is 1. The van der Waals surface area contributed by atoms with Crippen LogP contribution >= 0.6 is 11.6 Å². The Hall–Kier alpha value is -2.20. The molecule has 0 spiro atoms. The molecule has 0 fully saturated rings. The molecule has 0 saturated heterocycles.